The van der Waals surface area contributed by atoms with Crippen LogP contribution in [0.15, 0.2) is 24.3 Å². The fourth-order valence-electron chi connectivity index (χ4n) is 2.95. The molecule has 2 aromatic rings. The molecule has 3 N–H and O–H groups in total. The lowest BCUT2D eigenvalue weighted by atomic mass is 10.0. The van der Waals surface area contributed by atoms with E-state index in [-0.39, 0.29) is 18.1 Å². The number of anilines is 1. The molecule has 1 heterocycles. The Hall–Kier alpha value is -2.89. The summed E-state index contributed by atoms with van der Waals surface area (Å²) in [7, 11) is 0. The van der Waals surface area contributed by atoms with E-state index in [0.29, 0.717) is 41.0 Å². The molecule has 0 aliphatic heterocycles. The maximum Gasteiger partial charge on any atom is 0.303 e. The number of aryl methyl sites for hydroxylation is 2. The summed E-state index contributed by atoms with van der Waals surface area (Å²) in [5.74, 6) is -1.25. The van der Waals surface area contributed by atoms with Gasteiger partial charge in [-0.25, -0.2) is 0 Å². The minimum Gasteiger partial charge on any atom is -0.481 e. The summed E-state index contributed by atoms with van der Waals surface area (Å²) < 4.78 is 0. The van der Waals surface area contributed by atoms with Crippen LogP contribution in [-0.4, -0.2) is 27.8 Å². The Balaban J connectivity index is 2.23. The Kier molecular flexibility index (Phi) is 5.75. The summed E-state index contributed by atoms with van der Waals surface area (Å²) >= 11 is 0. The number of amides is 1. The number of H-pyrrole nitrogens is 1. The summed E-state index contributed by atoms with van der Waals surface area (Å²) in [4.78, 5) is 38.1. The first-order chi connectivity index (χ1) is 11.8. The first kappa shape index (κ1) is 18.4. The van der Waals surface area contributed by atoms with Crippen LogP contribution in [-0.2, 0) is 17.6 Å². The van der Waals surface area contributed by atoms with Gasteiger partial charge in [-0.3, -0.25) is 14.4 Å². The molecule has 0 atom stereocenters. The molecule has 6 nitrogen and oxygen atoms in total. The molecule has 1 aromatic heterocycles. The molecule has 0 aliphatic rings. The molecule has 0 bridgehead atoms. The molecule has 25 heavy (non-hydrogen) atoms. The summed E-state index contributed by atoms with van der Waals surface area (Å²) in [6.45, 7) is 5.17. The second-order valence-electron chi connectivity index (χ2n) is 5.94. The largest absolute Gasteiger partial charge is 0.481 e. The van der Waals surface area contributed by atoms with Crippen LogP contribution in [0.25, 0.3) is 0 Å². The molecule has 1 amide bonds. The predicted molar refractivity (Wildman–Crippen MR) is 95.3 cm³/mol. The van der Waals surface area contributed by atoms with Crippen LogP contribution >= 0.6 is 0 Å². The molecule has 6 heteroatoms. The van der Waals surface area contributed by atoms with Gasteiger partial charge >= 0.3 is 5.97 Å². The first-order valence-corrected chi connectivity index (χ1v) is 8.18. The lowest BCUT2D eigenvalue weighted by Crippen LogP contribution is -2.15. The SMILES string of the molecule is CCc1c(C(=O)Nc2cccc(CCC(=O)O)c2)[nH]c(C)c1C(C)=O. The molecule has 0 unspecified atom stereocenters. The number of carboxylic acid groups (broad SMARTS) is 1. The molecule has 1 aromatic carbocycles. The van der Waals surface area contributed by atoms with Crippen molar-refractivity contribution in [2.24, 2.45) is 0 Å². The number of carbonyl (C=O) groups excluding carboxylic acids is 2. The van der Waals surface area contributed by atoms with E-state index in [1.165, 1.54) is 6.92 Å². The highest BCUT2D eigenvalue weighted by atomic mass is 16.4. The van der Waals surface area contributed by atoms with Crippen molar-refractivity contribution < 1.29 is 19.5 Å². The van der Waals surface area contributed by atoms with Crippen molar-refractivity contribution in [1.82, 2.24) is 4.98 Å². The van der Waals surface area contributed by atoms with Crippen LogP contribution in [0.5, 0.6) is 0 Å². The first-order valence-electron chi connectivity index (χ1n) is 8.18. The fraction of sp³-hybridized carbons (Fsp3) is 0.316. The number of hydrogen-bond acceptors (Lipinski definition) is 3. The van der Waals surface area contributed by atoms with Crippen LogP contribution < -0.4 is 5.32 Å². The van der Waals surface area contributed by atoms with E-state index in [0.717, 1.165) is 5.56 Å². The number of aromatic nitrogens is 1. The van der Waals surface area contributed by atoms with Crippen molar-refractivity contribution in [3.63, 3.8) is 0 Å². The zero-order valence-corrected chi connectivity index (χ0v) is 14.6. The van der Waals surface area contributed by atoms with Crippen LogP contribution in [0.3, 0.4) is 0 Å². The number of carboxylic acids is 1. The fourth-order valence-corrected chi connectivity index (χ4v) is 2.95. The standard InChI is InChI=1S/C19H22N2O4/c1-4-15-17(12(3)22)11(2)20-18(15)19(25)21-14-7-5-6-13(10-14)8-9-16(23)24/h5-7,10,20H,4,8-9H2,1-3H3,(H,21,25)(H,23,24). The normalized spacial score (nSPS) is 10.5. The highest BCUT2D eigenvalue weighted by Crippen LogP contribution is 2.22. The van der Waals surface area contributed by atoms with Gasteiger partial charge in [-0.15, -0.1) is 0 Å². The second kappa shape index (κ2) is 7.79. The lowest BCUT2D eigenvalue weighted by molar-refractivity contribution is -0.136. The Morgan fingerprint density at radius 3 is 2.56 bits per heavy atom. The smallest absolute Gasteiger partial charge is 0.303 e. The molecule has 0 spiro atoms. The Labute approximate surface area is 146 Å². The van der Waals surface area contributed by atoms with Crippen LogP contribution in [0.2, 0.25) is 0 Å². The zero-order valence-electron chi connectivity index (χ0n) is 14.6. The van der Waals surface area contributed by atoms with E-state index in [2.05, 4.69) is 10.3 Å². The van der Waals surface area contributed by atoms with Gasteiger partial charge in [-0.05, 0) is 49.9 Å². The minimum atomic E-state index is -0.861. The monoisotopic (exact) mass is 342 g/mol. The molecule has 0 fully saturated rings. The molecule has 0 aliphatic carbocycles. The van der Waals surface area contributed by atoms with Gasteiger partial charge in [0, 0.05) is 23.4 Å². The number of aromatic amines is 1. The van der Waals surface area contributed by atoms with E-state index >= 15 is 0 Å². The maximum absolute atomic E-state index is 12.6. The number of ketones is 1. The average molecular weight is 342 g/mol. The highest BCUT2D eigenvalue weighted by molar-refractivity contribution is 6.07. The molecule has 0 saturated heterocycles. The summed E-state index contributed by atoms with van der Waals surface area (Å²) in [5.41, 5.74) is 3.79. The van der Waals surface area contributed by atoms with E-state index in [1.54, 1.807) is 25.1 Å². The predicted octanol–water partition coefficient (Wildman–Crippen LogP) is 3.36. The number of benzene rings is 1. The van der Waals surface area contributed by atoms with Gasteiger partial charge in [0.15, 0.2) is 5.78 Å². The third-order valence-corrected chi connectivity index (χ3v) is 4.04. The summed E-state index contributed by atoms with van der Waals surface area (Å²) in [5, 5.41) is 11.6. The molecular formula is C19H22N2O4. The minimum absolute atomic E-state index is 0.0369. The van der Waals surface area contributed by atoms with Crippen molar-refractivity contribution in [2.45, 2.75) is 40.0 Å². The molecule has 2 rings (SSSR count). The maximum atomic E-state index is 12.6. The van der Waals surface area contributed by atoms with Gasteiger partial charge in [-0.2, -0.15) is 0 Å². The molecule has 0 radical (unpaired) electrons. The zero-order chi connectivity index (χ0) is 18.6. The topological polar surface area (TPSA) is 99.3 Å². The van der Waals surface area contributed by atoms with Crippen molar-refractivity contribution >= 4 is 23.3 Å². The quantitative estimate of drug-likeness (QED) is 0.672. The third kappa shape index (κ3) is 4.35. The Morgan fingerprint density at radius 1 is 1.24 bits per heavy atom. The van der Waals surface area contributed by atoms with Crippen LogP contribution in [0, 0.1) is 6.92 Å². The van der Waals surface area contributed by atoms with Crippen molar-refractivity contribution in [2.75, 3.05) is 5.32 Å². The number of carbonyl (C=O) groups is 3. The van der Waals surface area contributed by atoms with Gasteiger partial charge in [0.1, 0.15) is 5.69 Å². The van der Waals surface area contributed by atoms with Gasteiger partial charge in [0.2, 0.25) is 0 Å². The van der Waals surface area contributed by atoms with Crippen molar-refractivity contribution in [1.29, 1.82) is 0 Å². The highest BCUT2D eigenvalue weighted by Gasteiger charge is 2.21. The van der Waals surface area contributed by atoms with Gasteiger partial charge in [0.05, 0.1) is 0 Å². The van der Waals surface area contributed by atoms with Crippen molar-refractivity contribution in [3.8, 4) is 0 Å². The lowest BCUT2D eigenvalue weighted by Gasteiger charge is -2.08. The van der Waals surface area contributed by atoms with Crippen molar-refractivity contribution in [3.05, 3.63) is 52.3 Å². The summed E-state index contributed by atoms with van der Waals surface area (Å²) in [6, 6.07) is 7.10. The van der Waals surface area contributed by atoms with E-state index < -0.39 is 5.97 Å². The van der Waals surface area contributed by atoms with Gasteiger partial charge < -0.3 is 15.4 Å². The van der Waals surface area contributed by atoms with E-state index in [1.807, 2.05) is 13.0 Å². The number of rotatable bonds is 7. The molecular weight excluding hydrogens is 320 g/mol. The Bertz CT molecular complexity index is 821. The molecule has 0 saturated carbocycles. The summed E-state index contributed by atoms with van der Waals surface area (Å²) in [6.07, 6.45) is 1.01. The third-order valence-electron chi connectivity index (χ3n) is 4.04. The number of Topliss-reactive ketones (excluding diaryl/α,β-unsaturated/α-hetero) is 1. The molecule has 132 valence electrons. The van der Waals surface area contributed by atoms with Gasteiger partial charge in [-0.1, -0.05) is 19.1 Å². The number of nitrogens with one attached hydrogen (secondary N) is 2. The number of hydrogen-bond donors (Lipinski definition) is 3. The average Bonchev–Trinajstić information content (AvgIpc) is 2.90. The number of aliphatic carboxylic acids is 1. The van der Waals surface area contributed by atoms with E-state index in [9.17, 15) is 14.4 Å². The van der Waals surface area contributed by atoms with Crippen LogP contribution in [0.4, 0.5) is 5.69 Å². The van der Waals surface area contributed by atoms with Crippen LogP contribution in [0.1, 0.15) is 57.9 Å². The van der Waals surface area contributed by atoms with E-state index in [4.69, 9.17) is 5.11 Å². The van der Waals surface area contributed by atoms with Gasteiger partial charge in [0.25, 0.3) is 5.91 Å². The Morgan fingerprint density at radius 2 is 1.96 bits per heavy atom. The second-order valence-corrected chi connectivity index (χ2v) is 5.94.